The van der Waals surface area contributed by atoms with Crippen LogP contribution in [0.5, 0.6) is 0 Å². The predicted molar refractivity (Wildman–Crippen MR) is 225 cm³/mol. The molecule has 0 aliphatic rings. The summed E-state index contributed by atoms with van der Waals surface area (Å²) < 4.78 is 1.80. The number of fused-ring (bicyclic) bond motifs is 3. The summed E-state index contributed by atoms with van der Waals surface area (Å²) in [6.45, 7) is 8.35. The quantitative estimate of drug-likeness (QED) is 0.0959. The van der Waals surface area contributed by atoms with Gasteiger partial charge in [0.15, 0.2) is 0 Å². The van der Waals surface area contributed by atoms with Crippen LogP contribution in [0.1, 0.15) is 45.9 Å². The van der Waals surface area contributed by atoms with Crippen LogP contribution >= 0.6 is 22.6 Å². The number of aryl methyl sites for hydroxylation is 3. The Morgan fingerprint density at radius 3 is 1.63 bits per heavy atom. The second-order valence-corrected chi connectivity index (χ2v) is 15.9. The molecule has 246 valence electrons. The van der Waals surface area contributed by atoms with Crippen LogP contribution in [0.25, 0.3) is 92.6 Å². The Morgan fingerprint density at radius 1 is 0.529 bits per heavy atom. The van der Waals surface area contributed by atoms with Crippen molar-refractivity contribution in [1.29, 1.82) is 0 Å². The lowest BCUT2D eigenvalue weighted by Crippen LogP contribution is -2.25. The summed E-state index contributed by atoms with van der Waals surface area (Å²) in [7, 11) is 0. The van der Waals surface area contributed by atoms with E-state index in [0.717, 1.165) is 62.2 Å². The first-order valence-corrected chi connectivity index (χ1v) is 19.1. The van der Waals surface area contributed by atoms with Crippen LogP contribution in [-0.4, -0.2) is 4.57 Å². The normalized spacial score (nSPS) is 13.0. The fourth-order valence-corrected chi connectivity index (χ4v) is 10.5. The van der Waals surface area contributed by atoms with E-state index in [0.29, 0.717) is 20.4 Å². The number of nitrogens with zero attached hydrogens (tertiary/aromatic N) is 1. The van der Waals surface area contributed by atoms with E-state index in [-0.39, 0.29) is 11.1 Å². The van der Waals surface area contributed by atoms with Gasteiger partial charge in [-0.25, -0.2) is 4.57 Å². The molecule has 0 radical (unpaired) electrons. The number of hydrogen-bond acceptors (Lipinski definition) is 2. The van der Waals surface area contributed by atoms with E-state index in [1.807, 2.05) is 32.0 Å². The zero-order valence-corrected chi connectivity index (χ0v) is 31.1. The fourth-order valence-electron chi connectivity index (χ4n) is 9.29. The van der Waals surface area contributed by atoms with Crippen molar-refractivity contribution in [1.82, 2.24) is 4.57 Å². The maximum absolute atomic E-state index is 15.1. The van der Waals surface area contributed by atoms with E-state index < -0.39 is 0 Å². The van der Waals surface area contributed by atoms with Gasteiger partial charge in [0.1, 0.15) is 0 Å². The second kappa shape index (κ2) is 11.0. The smallest absolute Gasteiger partial charge is 0.266 e. The molecule has 0 fully saturated rings. The lowest BCUT2D eigenvalue weighted by molar-refractivity contribution is 0.800. The summed E-state index contributed by atoms with van der Waals surface area (Å²) in [5, 5.41) is 12.1. The molecule has 10 rings (SSSR count). The number of para-hydroxylation sites is 1. The van der Waals surface area contributed by atoms with Crippen molar-refractivity contribution < 1.29 is 0 Å². The molecule has 0 amide bonds. The summed E-state index contributed by atoms with van der Waals surface area (Å²) in [5.41, 5.74) is 9.01. The van der Waals surface area contributed by atoms with Gasteiger partial charge in [-0.3, -0.25) is 9.59 Å². The van der Waals surface area contributed by atoms with Crippen molar-refractivity contribution in [2.24, 2.45) is 0 Å². The predicted octanol–water partition coefficient (Wildman–Crippen LogP) is 12.4. The van der Waals surface area contributed by atoms with Crippen molar-refractivity contribution in [2.75, 3.05) is 0 Å². The second-order valence-electron chi connectivity index (χ2n) is 14.4. The van der Waals surface area contributed by atoms with Crippen molar-refractivity contribution in [3.8, 4) is 27.9 Å². The molecule has 0 bridgehead atoms. The highest BCUT2D eigenvalue weighted by atomic mass is 127. The average molecular weight is 772 g/mol. The third-order valence-corrected chi connectivity index (χ3v) is 12.8. The number of alkyl halides is 1. The van der Waals surface area contributed by atoms with Crippen molar-refractivity contribution in [3.63, 3.8) is 0 Å². The summed E-state index contributed by atoms with van der Waals surface area (Å²) in [5.74, 6) is 0. The van der Waals surface area contributed by atoms with Crippen LogP contribution in [-0.2, 0) is 0 Å². The molecule has 1 unspecified atom stereocenters. The molecule has 1 atom stereocenters. The van der Waals surface area contributed by atoms with Gasteiger partial charge >= 0.3 is 0 Å². The molecule has 0 spiro atoms. The van der Waals surface area contributed by atoms with Crippen LogP contribution in [0, 0.1) is 20.8 Å². The number of halogens is 1. The number of aromatic nitrogens is 1. The highest BCUT2D eigenvalue weighted by molar-refractivity contribution is 14.1. The number of rotatable bonds is 6. The van der Waals surface area contributed by atoms with Gasteiger partial charge < -0.3 is 0 Å². The zero-order chi connectivity index (χ0) is 34.9. The molecule has 51 heavy (non-hydrogen) atoms. The van der Waals surface area contributed by atoms with E-state index in [4.69, 9.17) is 0 Å². The third kappa shape index (κ3) is 4.00. The first kappa shape index (κ1) is 30.7. The van der Waals surface area contributed by atoms with E-state index in [1.54, 1.807) is 0 Å². The van der Waals surface area contributed by atoms with Crippen LogP contribution < -0.4 is 11.1 Å². The van der Waals surface area contributed by atoms with E-state index >= 15 is 9.59 Å². The summed E-state index contributed by atoms with van der Waals surface area (Å²) in [6.07, 6.45) is 2.17. The van der Waals surface area contributed by atoms with Crippen LogP contribution in [0.3, 0.4) is 0 Å². The monoisotopic (exact) mass is 771 g/mol. The molecule has 0 N–H and O–H groups in total. The molecule has 0 saturated carbocycles. The van der Waals surface area contributed by atoms with Crippen molar-refractivity contribution in [3.05, 3.63) is 146 Å². The zero-order valence-electron chi connectivity index (χ0n) is 28.9. The molecule has 1 heterocycles. The molecular formula is C47H34INO2. The lowest BCUT2D eigenvalue weighted by atomic mass is 9.87. The van der Waals surface area contributed by atoms with E-state index in [9.17, 15) is 0 Å². The van der Waals surface area contributed by atoms with Gasteiger partial charge in [-0.15, -0.1) is 0 Å². The standard InChI is InChI=1S/C47H34INO2/c1-5-11-37(48)30-17-9-8-16-29(30)34-23-36-42-40-32(34)21-19-27-18-20-31-33(28-15-7-6-12-24(28)2)22-35(41(42)39(31)38(27)40)43-44(36)47(51)49(46(43)50)45-25(3)13-10-14-26(45)4/h6-10,12-23,37H,5,11H2,1-4H3. The Morgan fingerprint density at radius 2 is 1.04 bits per heavy atom. The average Bonchev–Trinajstić information content (AvgIpc) is 3.63. The summed E-state index contributed by atoms with van der Waals surface area (Å²) >= 11 is 2.59. The van der Waals surface area contributed by atoms with Gasteiger partial charge in [-0.2, -0.15) is 0 Å². The van der Waals surface area contributed by atoms with Crippen LogP contribution in [0.15, 0.2) is 113 Å². The molecule has 1 aromatic heterocycles. The largest absolute Gasteiger partial charge is 0.268 e. The van der Waals surface area contributed by atoms with Crippen molar-refractivity contribution >= 4 is 87.2 Å². The maximum Gasteiger partial charge on any atom is 0.266 e. The lowest BCUT2D eigenvalue weighted by Gasteiger charge is -2.18. The highest BCUT2D eigenvalue weighted by Gasteiger charge is 2.30. The van der Waals surface area contributed by atoms with Gasteiger partial charge in [-0.05, 0) is 138 Å². The van der Waals surface area contributed by atoms with Crippen LogP contribution in [0.2, 0.25) is 0 Å². The molecular weight excluding hydrogens is 737 g/mol. The van der Waals surface area contributed by atoms with Gasteiger partial charge in [0.25, 0.3) is 11.1 Å². The Balaban J connectivity index is 1.50. The Hall–Kier alpha value is -5.07. The molecule has 4 heteroatoms. The van der Waals surface area contributed by atoms with Crippen molar-refractivity contribution in [2.45, 2.75) is 44.5 Å². The Bertz CT molecular complexity index is 3120. The third-order valence-electron chi connectivity index (χ3n) is 11.5. The first-order valence-electron chi connectivity index (χ1n) is 17.8. The molecule has 0 aliphatic heterocycles. The fraction of sp³-hybridized carbons (Fsp3) is 0.149. The van der Waals surface area contributed by atoms with Gasteiger partial charge in [0.05, 0.1) is 16.5 Å². The Labute approximate surface area is 308 Å². The molecule has 0 aliphatic carbocycles. The topological polar surface area (TPSA) is 39.1 Å². The number of hydrogen-bond donors (Lipinski definition) is 0. The molecule has 3 nitrogen and oxygen atoms in total. The molecule has 0 saturated heterocycles. The Kier molecular flexibility index (Phi) is 6.61. The first-order chi connectivity index (χ1) is 24.8. The van der Waals surface area contributed by atoms with Gasteiger partial charge in [-0.1, -0.05) is 127 Å². The van der Waals surface area contributed by atoms with E-state index in [1.165, 1.54) is 53.6 Å². The molecule has 9 aromatic carbocycles. The van der Waals surface area contributed by atoms with Crippen LogP contribution in [0.4, 0.5) is 0 Å². The SMILES string of the molecule is CCCC(I)c1ccccc1-c1cc2c3c(=O)n(-c4c(C)cccc4C)c(=O)c3c3cc(-c4ccccc4C)c4ccc5ccc1c1c5c4c3c21. The summed E-state index contributed by atoms with van der Waals surface area (Å²) in [6, 6.07) is 36.7. The van der Waals surface area contributed by atoms with Gasteiger partial charge in [0.2, 0.25) is 0 Å². The minimum atomic E-state index is -0.246. The van der Waals surface area contributed by atoms with Gasteiger partial charge in [0, 0.05) is 3.92 Å². The van der Waals surface area contributed by atoms with E-state index in [2.05, 4.69) is 121 Å². The minimum absolute atomic E-state index is 0.244. The maximum atomic E-state index is 15.1. The molecule has 10 aromatic rings. The summed E-state index contributed by atoms with van der Waals surface area (Å²) in [4.78, 5) is 30.1. The number of benzene rings is 8. The highest BCUT2D eigenvalue weighted by Crippen LogP contribution is 2.54. The minimum Gasteiger partial charge on any atom is -0.268 e.